The maximum Gasteiger partial charge on any atom is 0.253 e. The Bertz CT molecular complexity index is 1700. The van der Waals surface area contributed by atoms with E-state index in [2.05, 4.69) is 20.2 Å². The molecule has 6 rings (SSSR count). The zero-order chi connectivity index (χ0) is 29.1. The topological polar surface area (TPSA) is 114 Å². The van der Waals surface area contributed by atoms with E-state index in [9.17, 15) is 13.2 Å². The fourth-order valence-electron chi connectivity index (χ4n) is 5.64. The number of aromatic nitrogens is 2. The van der Waals surface area contributed by atoms with E-state index in [1.165, 1.54) is 6.42 Å². The zero-order valence-corrected chi connectivity index (χ0v) is 24.5. The van der Waals surface area contributed by atoms with Crippen LogP contribution in [0.5, 0.6) is 0 Å². The molecule has 0 saturated carbocycles. The van der Waals surface area contributed by atoms with E-state index in [4.69, 9.17) is 4.74 Å². The van der Waals surface area contributed by atoms with Crippen molar-refractivity contribution in [2.45, 2.75) is 50.0 Å². The molecule has 1 aromatic heterocycles. The minimum Gasteiger partial charge on any atom is -0.377 e. The molecular formula is C32H35N5O4S. The van der Waals surface area contributed by atoms with Gasteiger partial charge >= 0.3 is 0 Å². The number of carbonyl (C=O) groups excluding carboxylic acids is 1. The van der Waals surface area contributed by atoms with Crippen molar-refractivity contribution in [1.82, 2.24) is 19.8 Å². The van der Waals surface area contributed by atoms with Crippen LogP contribution in [0.4, 0.5) is 11.5 Å². The first-order valence-corrected chi connectivity index (χ1v) is 16.0. The first kappa shape index (κ1) is 28.3. The van der Waals surface area contributed by atoms with E-state index < -0.39 is 10.0 Å². The van der Waals surface area contributed by atoms with E-state index in [1.54, 1.807) is 19.1 Å². The van der Waals surface area contributed by atoms with Crippen molar-refractivity contribution in [3.05, 3.63) is 77.9 Å². The molecule has 10 heteroatoms. The number of benzene rings is 3. The van der Waals surface area contributed by atoms with Crippen LogP contribution in [0.2, 0.25) is 0 Å². The summed E-state index contributed by atoms with van der Waals surface area (Å²) in [6.07, 6.45) is 4.99. The van der Waals surface area contributed by atoms with Gasteiger partial charge in [-0.05, 0) is 74.9 Å². The van der Waals surface area contributed by atoms with Crippen LogP contribution in [0.15, 0.2) is 71.6 Å². The first-order valence-electron chi connectivity index (χ1n) is 14.5. The van der Waals surface area contributed by atoms with Crippen molar-refractivity contribution in [2.24, 2.45) is 0 Å². The number of nitrogens with one attached hydrogen (secondary N) is 2. The summed E-state index contributed by atoms with van der Waals surface area (Å²) in [5, 5.41) is 14.1. The summed E-state index contributed by atoms with van der Waals surface area (Å²) in [6, 6.07) is 20.5. The van der Waals surface area contributed by atoms with E-state index in [0.29, 0.717) is 34.8 Å². The van der Waals surface area contributed by atoms with Crippen molar-refractivity contribution in [3.63, 3.8) is 0 Å². The van der Waals surface area contributed by atoms with Crippen molar-refractivity contribution in [2.75, 3.05) is 31.6 Å². The Morgan fingerprint density at radius 1 is 0.952 bits per heavy atom. The van der Waals surface area contributed by atoms with Crippen LogP contribution in [-0.2, 0) is 14.8 Å². The Morgan fingerprint density at radius 2 is 1.71 bits per heavy atom. The zero-order valence-electron chi connectivity index (χ0n) is 23.7. The summed E-state index contributed by atoms with van der Waals surface area (Å²) in [4.78, 5) is 15.0. The van der Waals surface area contributed by atoms with Gasteiger partial charge in [0.15, 0.2) is 5.82 Å². The lowest BCUT2D eigenvalue weighted by Crippen LogP contribution is -2.35. The third-order valence-electron chi connectivity index (χ3n) is 8.00. The van der Waals surface area contributed by atoms with E-state index in [-0.39, 0.29) is 23.5 Å². The van der Waals surface area contributed by atoms with Gasteiger partial charge in [-0.15, -0.1) is 10.2 Å². The second kappa shape index (κ2) is 12.2. The van der Waals surface area contributed by atoms with E-state index in [0.717, 1.165) is 55.2 Å². The predicted molar refractivity (Wildman–Crippen MR) is 163 cm³/mol. The number of carbonyl (C=O) groups is 1. The van der Waals surface area contributed by atoms with Crippen LogP contribution >= 0.6 is 0 Å². The molecule has 2 N–H and O–H groups in total. The fraction of sp³-hybridized carbons (Fsp3) is 0.344. The minimum absolute atomic E-state index is 0.0670. The Balaban J connectivity index is 1.25. The third kappa shape index (κ3) is 6.01. The quantitative estimate of drug-likeness (QED) is 0.283. The number of sulfonamides is 1. The van der Waals surface area contributed by atoms with Gasteiger partial charge in [-0.3, -0.25) is 4.79 Å². The molecule has 9 nitrogen and oxygen atoms in total. The van der Waals surface area contributed by atoms with Crippen molar-refractivity contribution in [1.29, 1.82) is 0 Å². The predicted octanol–water partition coefficient (Wildman–Crippen LogP) is 5.43. The normalized spacial score (nSPS) is 17.5. The summed E-state index contributed by atoms with van der Waals surface area (Å²) >= 11 is 0. The number of aryl methyl sites for hydroxylation is 1. The van der Waals surface area contributed by atoms with Gasteiger partial charge in [-0.25, -0.2) is 13.1 Å². The largest absolute Gasteiger partial charge is 0.377 e. The Hall–Kier alpha value is -3.86. The number of fused-ring (bicyclic) bond motifs is 1. The van der Waals surface area contributed by atoms with Gasteiger partial charge in [-0.1, -0.05) is 36.4 Å². The molecule has 2 fully saturated rings. The molecule has 4 aromatic rings. The van der Waals surface area contributed by atoms with Crippen molar-refractivity contribution in [3.8, 4) is 11.3 Å². The summed E-state index contributed by atoms with van der Waals surface area (Å²) in [6.45, 7) is 4.33. The van der Waals surface area contributed by atoms with Crippen LogP contribution in [0.1, 0.15) is 48.0 Å². The molecule has 218 valence electrons. The SMILES string of the molecule is Cc1ccc(-c2nnc(Nc3ccc(C(=O)N4CCCCC4)cc3)c3ccccc23)cc1S(=O)(=O)NC[C@@H]1CCCO1. The average Bonchev–Trinajstić information content (AvgIpc) is 3.55. The second-order valence-electron chi connectivity index (χ2n) is 11.0. The number of nitrogens with zero attached hydrogens (tertiary/aromatic N) is 3. The molecule has 0 spiro atoms. The Kier molecular flexibility index (Phi) is 8.19. The molecule has 0 unspecified atom stereocenters. The van der Waals surface area contributed by atoms with Gasteiger partial charge in [0.1, 0.15) is 5.69 Å². The van der Waals surface area contributed by atoms with Crippen LogP contribution in [0.3, 0.4) is 0 Å². The molecule has 0 aliphatic carbocycles. The Labute approximate surface area is 246 Å². The first-order chi connectivity index (χ1) is 20.4. The number of rotatable bonds is 8. The molecule has 3 aromatic carbocycles. The highest BCUT2D eigenvalue weighted by Crippen LogP contribution is 2.33. The molecule has 0 radical (unpaired) electrons. The fourth-order valence-corrected chi connectivity index (χ4v) is 6.98. The number of anilines is 2. The number of hydrogen-bond donors (Lipinski definition) is 2. The molecular weight excluding hydrogens is 550 g/mol. The number of ether oxygens (including phenoxy) is 1. The molecule has 3 heterocycles. The lowest BCUT2D eigenvalue weighted by molar-refractivity contribution is 0.0724. The second-order valence-corrected chi connectivity index (χ2v) is 12.7. The van der Waals surface area contributed by atoms with Gasteiger partial charge in [0.25, 0.3) is 5.91 Å². The van der Waals surface area contributed by atoms with Gasteiger partial charge in [0.05, 0.1) is 11.0 Å². The maximum atomic E-state index is 13.2. The summed E-state index contributed by atoms with van der Waals surface area (Å²) < 4.78 is 34.8. The van der Waals surface area contributed by atoms with Crippen molar-refractivity contribution < 1.29 is 17.9 Å². The monoisotopic (exact) mass is 585 g/mol. The van der Waals surface area contributed by atoms with Crippen molar-refractivity contribution >= 4 is 38.2 Å². The lowest BCUT2D eigenvalue weighted by atomic mass is 10.0. The average molecular weight is 586 g/mol. The minimum atomic E-state index is -3.75. The van der Waals surface area contributed by atoms with E-state index >= 15 is 0 Å². The molecule has 42 heavy (non-hydrogen) atoms. The highest BCUT2D eigenvalue weighted by Gasteiger charge is 2.23. The van der Waals surface area contributed by atoms with Gasteiger partial charge in [0, 0.05) is 53.8 Å². The van der Waals surface area contributed by atoms with Gasteiger partial charge in [-0.2, -0.15) is 0 Å². The molecule has 1 amide bonds. The Morgan fingerprint density at radius 3 is 2.45 bits per heavy atom. The standard InChI is InChI=1S/C32H35N5O4S/c1-22-11-12-24(20-29(22)42(39,40)33-21-26-8-7-19-41-26)30-27-9-3-4-10-28(27)31(36-35-30)34-25-15-13-23(14-16-25)32(38)37-17-5-2-6-18-37/h3-4,9-16,20,26,33H,2,5-8,17-19,21H2,1H3,(H,34,36)/t26-/m0/s1. The van der Waals surface area contributed by atoms with Crippen LogP contribution < -0.4 is 10.0 Å². The lowest BCUT2D eigenvalue weighted by Gasteiger charge is -2.26. The summed E-state index contributed by atoms with van der Waals surface area (Å²) in [7, 11) is -3.75. The summed E-state index contributed by atoms with van der Waals surface area (Å²) in [5.74, 6) is 0.639. The van der Waals surface area contributed by atoms with Crippen LogP contribution in [-0.4, -0.2) is 61.8 Å². The highest BCUT2D eigenvalue weighted by atomic mass is 32.2. The molecule has 2 saturated heterocycles. The van der Waals surface area contributed by atoms with E-state index in [1.807, 2.05) is 59.5 Å². The van der Waals surface area contributed by atoms with Crippen LogP contribution in [0.25, 0.3) is 22.0 Å². The highest BCUT2D eigenvalue weighted by molar-refractivity contribution is 7.89. The van der Waals surface area contributed by atoms with Gasteiger partial charge < -0.3 is 15.0 Å². The molecule has 1 atom stereocenters. The number of likely N-dealkylation sites (tertiary alicyclic amines) is 1. The molecule has 2 aliphatic heterocycles. The number of piperidine rings is 1. The third-order valence-corrected chi connectivity index (χ3v) is 9.57. The number of hydrogen-bond acceptors (Lipinski definition) is 7. The smallest absolute Gasteiger partial charge is 0.253 e. The number of amides is 1. The maximum absolute atomic E-state index is 13.2. The van der Waals surface area contributed by atoms with Crippen LogP contribution in [0, 0.1) is 6.92 Å². The molecule has 2 aliphatic rings. The molecule has 0 bridgehead atoms. The summed E-state index contributed by atoms with van der Waals surface area (Å²) in [5.41, 5.74) is 3.36. The van der Waals surface area contributed by atoms with Gasteiger partial charge in [0.2, 0.25) is 10.0 Å².